The van der Waals surface area contributed by atoms with E-state index in [0.717, 1.165) is 0 Å². The van der Waals surface area contributed by atoms with Crippen molar-refractivity contribution in [1.82, 2.24) is 0 Å². The molecule has 0 bridgehead atoms. The first kappa shape index (κ1) is 19.2. The quantitative estimate of drug-likeness (QED) is 0.442. The highest BCUT2D eigenvalue weighted by molar-refractivity contribution is 6.74. The molecule has 0 fully saturated rings. The number of allylic oxidation sites excluding steroid dienone is 1. The van der Waals surface area contributed by atoms with Gasteiger partial charge in [-0.25, -0.2) is 0 Å². The van der Waals surface area contributed by atoms with E-state index in [9.17, 15) is 5.11 Å². The topological polar surface area (TPSA) is 38.7 Å². The summed E-state index contributed by atoms with van der Waals surface area (Å²) < 4.78 is 10.9. The fourth-order valence-corrected chi connectivity index (χ4v) is 2.26. The number of hydrogen-bond donors (Lipinski definition) is 1. The maximum atomic E-state index is 9.82. The van der Waals surface area contributed by atoms with Gasteiger partial charge in [-0.05, 0) is 31.5 Å². The van der Waals surface area contributed by atoms with Gasteiger partial charge in [0, 0.05) is 13.0 Å². The standard InChI is InChI=1S/C16H30O3Si/c1-7-18-13-10-8-9-11-15(17)12-14-19-20(5,6)16(2,3)4/h9,11,15,17H,7-8,12,14H2,1-6H3/b11-9+/t15-/m0/s1. The van der Waals surface area contributed by atoms with Crippen LogP contribution in [0.5, 0.6) is 0 Å². The summed E-state index contributed by atoms with van der Waals surface area (Å²) in [6, 6.07) is 0. The largest absolute Gasteiger partial charge is 0.447 e. The highest BCUT2D eigenvalue weighted by Gasteiger charge is 2.36. The molecule has 0 unspecified atom stereocenters. The van der Waals surface area contributed by atoms with E-state index in [1.54, 1.807) is 6.08 Å². The van der Waals surface area contributed by atoms with Gasteiger partial charge in [-0.2, -0.15) is 0 Å². The Bertz CT molecular complexity index is 345. The first-order valence-electron chi connectivity index (χ1n) is 7.29. The van der Waals surface area contributed by atoms with E-state index in [1.807, 2.05) is 13.0 Å². The Morgan fingerprint density at radius 2 is 1.95 bits per heavy atom. The summed E-state index contributed by atoms with van der Waals surface area (Å²) >= 11 is 0. The summed E-state index contributed by atoms with van der Waals surface area (Å²) in [5.74, 6) is 2.85. The van der Waals surface area contributed by atoms with E-state index in [0.29, 0.717) is 26.1 Å². The molecular weight excluding hydrogens is 268 g/mol. The van der Waals surface area contributed by atoms with E-state index < -0.39 is 14.4 Å². The summed E-state index contributed by atoms with van der Waals surface area (Å²) in [6.07, 6.45) is 6.98. The number of ether oxygens (including phenoxy) is 1. The zero-order chi connectivity index (χ0) is 15.6. The van der Waals surface area contributed by atoms with Crippen LogP contribution in [-0.4, -0.2) is 32.7 Å². The predicted octanol–water partition coefficient (Wildman–Crippen LogP) is 3.70. The van der Waals surface area contributed by atoms with Crippen molar-refractivity contribution in [2.24, 2.45) is 0 Å². The number of aliphatic hydroxyl groups excluding tert-OH is 1. The van der Waals surface area contributed by atoms with Crippen molar-refractivity contribution in [2.75, 3.05) is 13.2 Å². The first-order valence-corrected chi connectivity index (χ1v) is 10.2. The minimum Gasteiger partial charge on any atom is -0.447 e. The molecule has 3 nitrogen and oxygen atoms in total. The Hall–Kier alpha value is -0.763. The second-order valence-corrected chi connectivity index (χ2v) is 11.1. The minimum atomic E-state index is -1.70. The molecule has 0 aliphatic heterocycles. The second kappa shape index (κ2) is 9.22. The highest BCUT2D eigenvalue weighted by Crippen LogP contribution is 2.36. The van der Waals surface area contributed by atoms with Crippen molar-refractivity contribution in [3.63, 3.8) is 0 Å². The smallest absolute Gasteiger partial charge is 0.191 e. The van der Waals surface area contributed by atoms with E-state index in [4.69, 9.17) is 9.16 Å². The molecule has 1 N–H and O–H groups in total. The lowest BCUT2D eigenvalue weighted by Crippen LogP contribution is -2.41. The predicted molar refractivity (Wildman–Crippen MR) is 86.9 cm³/mol. The zero-order valence-corrected chi connectivity index (χ0v) is 14.8. The Labute approximate surface area is 125 Å². The fraction of sp³-hybridized carbons (Fsp3) is 0.750. The molecule has 0 saturated carbocycles. The van der Waals surface area contributed by atoms with Gasteiger partial charge in [0.15, 0.2) is 8.32 Å². The van der Waals surface area contributed by atoms with Crippen LogP contribution in [0.4, 0.5) is 0 Å². The van der Waals surface area contributed by atoms with Gasteiger partial charge in [0.1, 0.15) is 6.11 Å². The van der Waals surface area contributed by atoms with Crippen molar-refractivity contribution in [3.8, 4) is 12.0 Å². The molecule has 0 aromatic rings. The molecule has 0 saturated heterocycles. The van der Waals surface area contributed by atoms with Crippen LogP contribution in [0.1, 0.15) is 40.5 Å². The van der Waals surface area contributed by atoms with Gasteiger partial charge < -0.3 is 14.3 Å². The summed E-state index contributed by atoms with van der Waals surface area (Å²) in [5.41, 5.74) is 0. The normalized spacial score (nSPS) is 13.9. The molecule has 116 valence electrons. The van der Waals surface area contributed by atoms with Gasteiger partial charge in [0.05, 0.1) is 12.7 Å². The van der Waals surface area contributed by atoms with Crippen LogP contribution in [-0.2, 0) is 9.16 Å². The van der Waals surface area contributed by atoms with Crippen LogP contribution < -0.4 is 0 Å². The zero-order valence-electron chi connectivity index (χ0n) is 13.8. The van der Waals surface area contributed by atoms with Gasteiger partial charge in [0.2, 0.25) is 0 Å². The van der Waals surface area contributed by atoms with Crippen molar-refractivity contribution in [1.29, 1.82) is 0 Å². The molecule has 0 aliphatic rings. The van der Waals surface area contributed by atoms with Crippen LogP contribution in [0.2, 0.25) is 18.1 Å². The number of aliphatic hydroxyl groups is 1. The maximum Gasteiger partial charge on any atom is 0.191 e. The molecule has 0 aromatic carbocycles. The molecule has 0 amide bonds. The molecule has 4 heteroatoms. The molecule has 0 radical (unpaired) electrons. The van der Waals surface area contributed by atoms with Gasteiger partial charge in [0.25, 0.3) is 0 Å². The molecule has 0 rings (SSSR count). The van der Waals surface area contributed by atoms with Crippen LogP contribution in [0, 0.1) is 12.0 Å². The monoisotopic (exact) mass is 298 g/mol. The molecular formula is C16H30O3Si. The van der Waals surface area contributed by atoms with E-state index in [1.165, 1.54) is 0 Å². The van der Waals surface area contributed by atoms with Crippen LogP contribution in [0.15, 0.2) is 12.2 Å². The third kappa shape index (κ3) is 8.42. The summed E-state index contributed by atoms with van der Waals surface area (Å²) in [5, 5.41) is 10.0. The molecule has 0 spiro atoms. The van der Waals surface area contributed by atoms with Crippen LogP contribution in [0.3, 0.4) is 0 Å². The Kier molecular flexibility index (Phi) is 8.87. The average molecular weight is 298 g/mol. The highest BCUT2D eigenvalue weighted by atomic mass is 28.4. The number of hydrogen-bond acceptors (Lipinski definition) is 3. The first-order chi connectivity index (χ1) is 9.20. The van der Waals surface area contributed by atoms with E-state index >= 15 is 0 Å². The third-order valence-corrected chi connectivity index (χ3v) is 8.09. The molecule has 0 heterocycles. The summed E-state index contributed by atoms with van der Waals surface area (Å²) in [7, 11) is -1.70. The minimum absolute atomic E-state index is 0.211. The summed E-state index contributed by atoms with van der Waals surface area (Å²) in [4.78, 5) is 0. The van der Waals surface area contributed by atoms with Gasteiger partial charge in [-0.3, -0.25) is 0 Å². The van der Waals surface area contributed by atoms with E-state index in [2.05, 4.69) is 45.9 Å². The van der Waals surface area contributed by atoms with E-state index in [-0.39, 0.29) is 5.04 Å². The summed E-state index contributed by atoms with van der Waals surface area (Å²) in [6.45, 7) is 14.2. The second-order valence-electron chi connectivity index (χ2n) is 6.31. The van der Waals surface area contributed by atoms with Crippen molar-refractivity contribution < 1.29 is 14.3 Å². The van der Waals surface area contributed by atoms with Gasteiger partial charge in [-0.15, -0.1) is 0 Å². The Morgan fingerprint density at radius 3 is 2.50 bits per heavy atom. The lowest BCUT2D eigenvalue weighted by molar-refractivity contribution is 0.172. The van der Waals surface area contributed by atoms with Crippen molar-refractivity contribution in [2.45, 2.75) is 64.8 Å². The molecule has 0 aliphatic carbocycles. The lowest BCUT2D eigenvalue weighted by atomic mass is 10.2. The Morgan fingerprint density at radius 1 is 1.30 bits per heavy atom. The average Bonchev–Trinajstić information content (AvgIpc) is 2.32. The Balaban J connectivity index is 3.93. The van der Waals surface area contributed by atoms with Crippen molar-refractivity contribution >= 4 is 8.32 Å². The van der Waals surface area contributed by atoms with Gasteiger partial charge in [-0.1, -0.05) is 38.8 Å². The SMILES string of the molecule is CCOC#CC/C=C/[C@H](O)CCO[Si](C)(C)C(C)(C)C. The third-order valence-electron chi connectivity index (χ3n) is 3.55. The molecule has 0 aromatic heterocycles. The van der Waals surface area contributed by atoms with Crippen LogP contribution >= 0.6 is 0 Å². The van der Waals surface area contributed by atoms with Crippen LogP contribution in [0.25, 0.3) is 0 Å². The molecule has 20 heavy (non-hydrogen) atoms. The number of rotatable bonds is 7. The van der Waals surface area contributed by atoms with Gasteiger partial charge >= 0.3 is 0 Å². The van der Waals surface area contributed by atoms with Crippen molar-refractivity contribution in [3.05, 3.63) is 12.2 Å². The lowest BCUT2D eigenvalue weighted by Gasteiger charge is -2.36. The maximum absolute atomic E-state index is 9.82. The fourth-order valence-electron chi connectivity index (χ4n) is 1.20. The molecule has 1 atom stereocenters.